The van der Waals surface area contributed by atoms with E-state index < -0.39 is 0 Å². The lowest BCUT2D eigenvalue weighted by atomic mass is 10.2. The van der Waals surface area contributed by atoms with Gasteiger partial charge in [-0.2, -0.15) is 0 Å². The van der Waals surface area contributed by atoms with E-state index in [-0.39, 0.29) is 5.91 Å². The van der Waals surface area contributed by atoms with Gasteiger partial charge in [-0.05, 0) is 43.7 Å². The molecule has 0 saturated heterocycles. The number of aromatic nitrogens is 2. The molecule has 0 atom stereocenters. The Bertz CT molecular complexity index is 902. The van der Waals surface area contributed by atoms with Crippen molar-refractivity contribution in [2.45, 2.75) is 13.8 Å². The van der Waals surface area contributed by atoms with Crippen LogP contribution >= 0.6 is 11.6 Å². The first-order valence-electron chi connectivity index (χ1n) is 7.10. The maximum atomic E-state index is 12.7. The second kappa shape index (κ2) is 5.93. The quantitative estimate of drug-likeness (QED) is 0.793. The third kappa shape index (κ3) is 2.75. The number of halogens is 1. The Morgan fingerprint density at radius 2 is 2.09 bits per heavy atom. The van der Waals surface area contributed by atoms with Crippen LogP contribution in [0.3, 0.4) is 0 Å². The fraction of sp³-hybridized carbons (Fsp3) is 0.176. The number of aryl methyl sites for hydroxylation is 2. The van der Waals surface area contributed by atoms with Gasteiger partial charge in [0.1, 0.15) is 5.69 Å². The average molecular weight is 330 g/mol. The summed E-state index contributed by atoms with van der Waals surface area (Å²) in [6.45, 7) is 3.71. The van der Waals surface area contributed by atoms with Crippen LogP contribution in [0.5, 0.6) is 5.75 Å². The Hall–Kier alpha value is -2.53. The van der Waals surface area contributed by atoms with Gasteiger partial charge in [0.15, 0.2) is 11.4 Å². The van der Waals surface area contributed by atoms with Crippen molar-refractivity contribution in [3.63, 3.8) is 0 Å². The zero-order valence-corrected chi connectivity index (χ0v) is 13.8. The number of hydrogen-bond acceptors (Lipinski definition) is 3. The lowest BCUT2D eigenvalue weighted by Gasteiger charge is -2.09. The SMILES string of the molecule is COc1cccn2c(C(=O)Nc3cc(Cl)ccc3C)c(C)nc12. The number of benzene rings is 1. The Balaban J connectivity index is 2.04. The van der Waals surface area contributed by atoms with Crippen molar-refractivity contribution in [2.24, 2.45) is 0 Å². The molecule has 0 aliphatic carbocycles. The minimum atomic E-state index is -0.242. The van der Waals surface area contributed by atoms with Crippen molar-refractivity contribution in [1.82, 2.24) is 9.38 Å². The van der Waals surface area contributed by atoms with E-state index in [2.05, 4.69) is 10.3 Å². The highest BCUT2D eigenvalue weighted by atomic mass is 35.5. The maximum absolute atomic E-state index is 12.7. The van der Waals surface area contributed by atoms with Gasteiger partial charge in [0.2, 0.25) is 0 Å². The summed E-state index contributed by atoms with van der Waals surface area (Å²) in [5, 5.41) is 3.47. The molecule has 0 saturated carbocycles. The van der Waals surface area contributed by atoms with E-state index in [4.69, 9.17) is 16.3 Å². The van der Waals surface area contributed by atoms with Crippen molar-refractivity contribution in [3.05, 3.63) is 58.5 Å². The Morgan fingerprint density at radius 1 is 1.30 bits per heavy atom. The number of ether oxygens (including phenoxy) is 1. The molecule has 6 heteroatoms. The number of nitrogens with zero attached hydrogens (tertiary/aromatic N) is 2. The van der Waals surface area contributed by atoms with E-state index >= 15 is 0 Å². The first-order chi connectivity index (χ1) is 11.0. The van der Waals surface area contributed by atoms with Gasteiger partial charge in [-0.15, -0.1) is 0 Å². The van der Waals surface area contributed by atoms with Gasteiger partial charge in [-0.25, -0.2) is 4.98 Å². The third-order valence-corrected chi connectivity index (χ3v) is 3.91. The molecular weight excluding hydrogens is 314 g/mol. The van der Waals surface area contributed by atoms with Crippen LogP contribution < -0.4 is 10.1 Å². The lowest BCUT2D eigenvalue weighted by Crippen LogP contribution is -2.16. The van der Waals surface area contributed by atoms with Gasteiger partial charge in [0, 0.05) is 16.9 Å². The second-order valence-corrected chi connectivity index (χ2v) is 5.67. The topological polar surface area (TPSA) is 55.6 Å². The highest BCUT2D eigenvalue weighted by Crippen LogP contribution is 2.24. The molecule has 0 bridgehead atoms. The number of pyridine rings is 1. The smallest absolute Gasteiger partial charge is 0.274 e. The van der Waals surface area contributed by atoms with Gasteiger partial charge in [-0.1, -0.05) is 17.7 Å². The summed E-state index contributed by atoms with van der Waals surface area (Å²) in [6.07, 6.45) is 1.79. The Kier molecular flexibility index (Phi) is 3.96. The number of carbonyl (C=O) groups is 1. The van der Waals surface area contributed by atoms with E-state index in [1.54, 1.807) is 36.8 Å². The normalized spacial score (nSPS) is 10.8. The predicted molar refractivity (Wildman–Crippen MR) is 90.6 cm³/mol. The summed E-state index contributed by atoms with van der Waals surface area (Å²) in [7, 11) is 1.58. The van der Waals surface area contributed by atoms with Crippen LogP contribution in [0.2, 0.25) is 5.02 Å². The monoisotopic (exact) mass is 329 g/mol. The molecule has 1 N–H and O–H groups in total. The van der Waals surface area contributed by atoms with Crippen molar-refractivity contribution < 1.29 is 9.53 Å². The summed E-state index contributed by atoms with van der Waals surface area (Å²) in [4.78, 5) is 17.2. The average Bonchev–Trinajstić information content (AvgIpc) is 2.86. The zero-order chi connectivity index (χ0) is 16.6. The highest BCUT2D eigenvalue weighted by molar-refractivity contribution is 6.31. The predicted octanol–water partition coefficient (Wildman–Crippen LogP) is 3.87. The summed E-state index contributed by atoms with van der Waals surface area (Å²) >= 11 is 6.01. The van der Waals surface area contributed by atoms with Crippen molar-refractivity contribution in [2.75, 3.05) is 12.4 Å². The first-order valence-corrected chi connectivity index (χ1v) is 7.48. The Labute approximate surface area is 138 Å². The van der Waals surface area contributed by atoms with Crippen molar-refractivity contribution in [3.8, 4) is 5.75 Å². The number of amides is 1. The van der Waals surface area contributed by atoms with Crippen LogP contribution in [-0.2, 0) is 0 Å². The van der Waals surface area contributed by atoms with Crippen molar-refractivity contribution in [1.29, 1.82) is 0 Å². The second-order valence-electron chi connectivity index (χ2n) is 5.23. The number of nitrogens with one attached hydrogen (secondary N) is 1. The standard InChI is InChI=1S/C17H16ClN3O2/c1-10-6-7-12(18)9-13(10)20-17(22)15-11(2)19-16-14(23-3)5-4-8-21(15)16/h4-9H,1-3H3,(H,20,22). The van der Waals surface area contributed by atoms with Crippen LogP contribution in [0, 0.1) is 13.8 Å². The summed E-state index contributed by atoms with van der Waals surface area (Å²) in [5.41, 5.74) is 3.33. The minimum Gasteiger partial charge on any atom is -0.493 e. The number of carbonyl (C=O) groups excluding carboxylic acids is 1. The molecule has 0 aliphatic heterocycles. The molecule has 0 fully saturated rings. The van der Waals surface area contributed by atoms with Crippen LogP contribution in [0.25, 0.3) is 5.65 Å². The molecule has 0 radical (unpaired) electrons. The number of anilines is 1. The lowest BCUT2D eigenvalue weighted by molar-refractivity contribution is 0.102. The molecule has 3 aromatic rings. The summed E-state index contributed by atoms with van der Waals surface area (Å²) in [6, 6.07) is 9.01. The maximum Gasteiger partial charge on any atom is 0.274 e. The van der Waals surface area contributed by atoms with Crippen LogP contribution in [0.4, 0.5) is 5.69 Å². The van der Waals surface area contributed by atoms with E-state index in [0.29, 0.717) is 33.5 Å². The number of rotatable bonds is 3. The molecule has 2 heterocycles. The number of methoxy groups -OCH3 is 1. The number of imidazole rings is 1. The molecule has 0 unspecified atom stereocenters. The van der Waals surface area contributed by atoms with Gasteiger partial charge >= 0.3 is 0 Å². The van der Waals surface area contributed by atoms with Crippen molar-refractivity contribution >= 4 is 28.8 Å². The zero-order valence-electron chi connectivity index (χ0n) is 13.1. The van der Waals surface area contributed by atoms with Crippen LogP contribution in [0.1, 0.15) is 21.7 Å². The number of hydrogen-bond donors (Lipinski definition) is 1. The van der Waals surface area contributed by atoms with Crippen LogP contribution in [0.15, 0.2) is 36.5 Å². The minimum absolute atomic E-state index is 0.242. The van der Waals surface area contributed by atoms with Crippen LogP contribution in [-0.4, -0.2) is 22.4 Å². The van der Waals surface area contributed by atoms with Gasteiger partial charge in [0.25, 0.3) is 5.91 Å². The van der Waals surface area contributed by atoms with Gasteiger partial charge in [0.05, 0.1) is 12.8 Å². The van der Waals surface area contributed by atoms with E-state index in [1.165, 1.54) is 0 Å². The van der Waals surface area contributed by atoms with E-state index in [0.717, 1.165) is 5.56 Å². The molecule has 0 spiro atoms. The third-order valence-electron chi connectivity index (χ3n) is 3.67. The molecule has 2 aromatic heterocycles. The highest BCUT2D eigenvalue weighted by Gasteiger charge is 2.19. The van der Waals surface area contributed by atoms with E-state index in [9.17, 15) is 4.79 Å². The van der Waals surface area contributed by atoms with Gasteiger partial charge < -0.3 is 10.1 Å². The van der Waals surface area contributed by atoms with Gasteiger partial charge in [-0.3, -0.25) is 9.20 Å². The molecule has 118 valence electrons. The summed E-state index contributed by atoms with van der Waals surface area (Å²) < 4.78 is 7.02. The molecule has 5 nitrogen and oxygen atoms in total. The molecule has 23 heavy (non-hydrogen) atoms. The molecule has 1 aromatic carbocycles. The fourth-order valence-electron chi connectivity index (χ4n) is 2.50. The Morgan fingerprint density at radius 3 is 2.83 bits per heavy atom. The van der Waals surface area contributed by atoms with E-state index in [1.807, 2.05) is 25.1 Å². The first kappa shape index (κ1) is 15.4. The summed E-state index contributed by atoms with van der Waals surface area (Å²) in [5.74, 6) is 0.377. The molecule has 0 aliphatic rings. The molecule has 1 amide bonds. The molecular formula is C17H16ClN3O2. The molecule has 3 rings (SSSR count). The number of fused-ring (bicyclic) bond motifs is 1. The fourth-order valence-corrected chi connectivity index (χ4v) is 2.67. The largest absolute Gasteiger partial charge is 0.493 e.